The number of nitrogens with one attached hydrogen (secondary N) is 1. The Kier molecular flexibility index (Phi) is 3.29. The highest BCUT2D eigenvalue weighted by atomic mass is 16.7. The fourth-order valence-corrected chi connectivity index (χ4v) is 1.57. The van der Waals surface area contributed by atoms with Crippen molar-refractivity contribution >= 4 is 5.91 Å². The summed E-state index contributed by atoms with van der Waals surface area (Å²) in [7, 11) is 0. The van der Waals surface area contributed by atoms with Gasteiger partial charge >= 0.3 is 0 Å². The zero-order chi connectivity index (χ0) is 11.4. The Morgan fingerprint density at radius 1 is 1.38 bits per heavy atom. The molecule has 0 atom stereocenters. The van der Waals surface area contributed by atoms with Crippen LogP contribution in [0.15, 0.2) is 18.2 Å². The van der Waals surface area contributed by atoms with Gasteiger partial charge in [-0.25, -0.2) is 0 Å². The second-order valence-corrected chi connectivity index (χ2v) is 3.64. The van der Waals surface area contributed by atoms with Crippen LogP contribution in [0, 0.1) is 0 Å². The number of hydrogen-bond acceptors (Lipinski definition) is 3. The molecule has 0 spiro atoms. The molecular formula is C12H15NO3. The molecule has 0 saturated heterocycles. The van der Waals surface area contributed by atoms with Crippen LogP contribution < -0.4 is 14.8 Å². The fourth-order valence-electron chi connectivity index (χ4n) is 1.57. The van der Waals surface area contributed by atoms with E-state index in [1.54, 1.807) is 0 Å². The van der Waals surface area contributed by atoms with Crippen LogP contribution in [0.3, 0.4) is 0 Å². The largest absolute Gasteiger partial charge is 0.454 e. The Morgan fingerprint density at radius 3 is 3.00 bits per heavy atom. The Balaban J connectivity index is 1.88. The molecule has 1 aliphatic heterocycles. The van der Waals surface area contributed by atoms with Gasteiger partial charge < -0.3 is 14.8 Å². The standard InChI is InChI=1S/C12H15NO3/c1-2-12(14)13-6-5-9-3-4-10-11(7-9)16-8-15-10/h3-4,7H,2,5-6,8H2,1H3,(H,13,14). The number of amides is 1. The molecule has 1 heterocycles. The van der Waals surface area contributed by atoms with E-state index in [4.69, 9.17) is 9.47 Å². The summed E-state index contributed by atoms with van der Waals surface area (Å²) in [6.07, 6.45) is 1.34. The van der Waals surface area contributed by atoms with Crippen molar-refractivity contribution in [3.63, 3.8) is 0 Å². The molecule has 0 fully saturated rings. The smallest absolute Gasteiger partial charge is 0.231 e. The summed E-state index contributed by atoms with van der Waals surface area (Å²) in [6, 6.07) is 5.85. The maximum absolute atomic E-state index is 11.0. The lowest BCUT2D eigenvalue weighted by Gasteiger charge is -2.04. The van der Waals surface area contributed by atoms with Crippen molar-refractivity contribution in [1.29, 1.82) is 0 Å². The number of ether oxygens (including phenoxy) is 2. The second kappa shape index (κ2) is 4.88. The Morgan fingerprint density at radius 2 is 2.19 bits per heavy atom. The maximum Gasteiger partial charge on any atom is 0.231 e. The van der Waals surface area contributed by atoms with Gasteiger partial charge in [0.2, 0.25) is 12.7 Å². The van der Waals surface area contributed by atoms with Crippen molar-refractivity contribution in [2.24, 2.45) is 0 Å². The van der Waals surface area contributed by atoms with Crippen LogP contribution in [0.2, 0.25) is 0 Å². The highest BCUT2D eigenvalue weighted by Crippen LogP contribution is 2.32. The molecule has 2 rings (SSSR count). The van der Waals surface area contributed by atoms with Crippen molar-refractivity contribution in [2.45, 2.75) is 19.8 Å². The molecule has 1 amide bonds. The Bertz CT molecular complexity index is 390. The summed E-state index contributed by atoms with van der Waals surface area (Å²) in [6.45, 7) is 2.80. The molecule has 1 aliphatic rings. The zero-order valence-corrected chi connectivity index (χ0v) is 9.29. The summed E-state index contributed by atoms with van der Waals surface area (Å²) < 4.78 is 10.5. The van der Waals surface area contributed by atoms with Gasteiger partial charge in [-0.3, -0.25) is 4.79 Å². The molecule has 1 aromatic rings. The van der Waals surface area contributed by atoms with Crippen molar-refractivity contribution in [3.05, 3.63) is 23.8 Å². The number of carbonyl (C=O) groups is 1. The van der Waals surface area contributed by atoms with Crippen molar-refractivity contribution in [2.75, 3.05) is 13.3 Å². The van der Waals surface area contributed by atoms with E-state index in [2.05, 4.69) is 5.32 Å². The molecule has 0 saturated carbocycles. The zero-order valence-electron chi connectivity index (χ0n) is 9.29. The molecule has 0 bridgehead atoms. The average Bonchev–Trinajstić information content (AvgIpc) is 2.76. The molecule has 4 nitrogen and oxygen atoms in total. The maximum atomic E-state index is 11.0. The summed E-state index contributed by atoms with van der Waals surface area (Å²) in [4.78, 5) is 11.0. The Hall–Kier alpha value is -1.71. The van der Waals surface area contributed by atoms with E-state index in [0.717, 1.165) is 23.5 Å². The monoisotopic (exact) mass is 221 g/mol. The van der Waals surface area contributed by atoms with E-state index in [-0.39, 0.29) is 5.91 Å². The second-order valence-electron chi connectivity index (χ2n) is 3.64. The normalized spacial score (nSPS) is 12.6. The van der Waals surface area contributed by atoms with Crippen molar-refractivity contribution in [3.8, 4) is 11.5 Å². The third-order valence-electron chi connectivity index (χ3n) is 2.49. The van der Waals surface area contributed by atoms with Gasteiger partial charge in [0.15, 0.2) is 11.5 Å². The minimum Gasteiger partial charge on any atom is -0.454 e. The summed E-state index contributed by atoms with van der Waals surface area (Å²) >= 11 is 0. The predicted octanol–water partition coefficient (Wildman–Crippen LogP) is 1.48. The van der Waals surface area contributed by atoms with Crippen LogP contribution in [-0.4, -0.2) is 19.2 Å². The number of carbonyl (C=O) groups excluding carboxylic acids is 1. The molecule has 0 unspecified atom stereocenters. The molecule has 1 aromatic carbocycles. The molecule has 0 aliphatic carbocycles. The van der Waals surface area contributed by atoms with E-state index in [0.29, 0.717) is 19.8 Å². The SMILES string of the molecule is CCC(=O)NCCc1ccc2c(c1)OCO2. The van der Waals surface area contributed by atoms with Gasteiger partial charge in [0.25, 0.3) is 0 Å². The molecule has 4 heteroatoms. The lowest BCUT2D eigenvalue weighted by atomic mass is 10.1. The van der Waals surface area contributed by atoms with Crippen LogP contribution in [0.4, 0.5) is 0 Å². The topological polar surface area (TPSA) is 47.6 Å². The third kappa shape index (κ3) is 2.45. The number of rotatable bonds is 4. The lowest BCUT2D eigenvalue weighted by Crippen LogP contribution is -2.24. The van der Waals surface area contributed by atoms with Gasteiger partial charge in [-0.2, -0.15) is 0 Å². The Labute approximate surface area is 94.6 Å². The van der Waals surface area contributed by atoms with Crippen LogP contribution in [-0.2, 0) is 11.2 Å². The highest BCUT2D eigenvalue weighted by Gasteiger charge is 2.12. The molecule has 0 aromatic heterocycles. The first-order valence-electron chi connectivity index (χ1n) is 5.45. The third-order valence-corrected chi connectivity index (χ3v) is 2.49. The van der Waals surface area contributed by atoms with Crippen molar-refractivity contribution in [1.82, 2.24) is 5.32 Å². The molecule has 0 radical (unpaired) electrons. The van der Waals surface area contributed by atoms with E-state index < -0.39 is 0 Å². The summed E-state index contributed by atoms with van der Waals surface area (Å²) in [5, 5.41) is 2.84. The lowest BCUT2D eigenvalue weighted by molar-refractivity contribution is -0.120. The van der Waals surface area contributed by atoms with Crippen LogP contribution >= 0.6 is 0 Å². The number of benzene rings is 1. The van der Waals surface area contributed by atoms with Gasteiger partial charge in [-0.05, 0) is 24.1 Å². The molecule has 1 N–H and O–H groups in total. The van der Waals surface area contributed by atoms with E-state index in [9.17, 15) is 4.79 Å². The van der Waals surface area contributed by atoms with Gasteiger partial charge in [-0.1, -0.05) is 13.0 Å². The fraction of sp³-hybridized carbons (Fsp3) is 0.417. The van der Waals surface area contributed by atoms with Gasteiger partial charge in [-0.15, -0.1) is 0 Å². The first kappa shape index (κ1) is 10.8. The summed E-state index contributed by atoms with van der Waals surface area (Å²) in [5.41, 5.74) is 1.14. The first-order chi connectivity index (χ1) is 7.79. The van der Waals surface area contributed by atoms with Crippen molar-refractivity contribution < 1.29 is 14.3 Å². The average molecular weight is 221 g/mol. The number of hydrogen-bond donors (Lipinski definition) is 1. The predicted molar refractivity (Wildman–Crippen MR) is 59.6 cm³/mol. The van der Waals surface area contributed by atoms with Crippen LogP contribution in [0.5, 0.6) is 11.5 Å². The highest BCUT2D eigenvalue weighted by molar-refractivity contribution is 5.75. The number of fused-ring (bicyclic) bond motifs is 1. The van der Waals surface area contributed by atoms with E-state index in [1.807, 2.05) is 25.1 Å². The summed E-state index contributed by atoms with van der Waals surface area (Å²) in [5.74, 6) is 1.67. The van der Waals surface area contributed by atoms with Crippen LogP contribution in [0.25, 0.3) is 0 Å². The minimum atomic E-state index is 0.0840. The van der Waals surface area contributed by atoms with Gasteiger partial charge in [0.05, 0.1) is 0 Å². The molecular weight excluding hydrogens is 206 g/mol. The van der Waals surface area contributed by atoms with Crippen LogP contribution in [0.1, 0.15) is 18.9 Å². The molecule has 86 valence electrons. The minimum absolute atomic E-state index is 0.0840. The van der Waals surface area contributed by atoms with Gasteiger partial charge in [0.1, 0.15) is 0 Å². The molecule has 16 heavy (non-hydrogen) atoms. The first-order valence-corrected chi connectivity index (χ1v) is 5.45. The van der Waals surface area contributed by atoms with E-state index >= 15 is 0 Å². The van der Waals surface area contributed by atoms with E-state index in [1.165, 1.54) is 0 Å². The van der Waals surface area contributed by atoms with Gasteiger partial charge in [0, 0.05) is 13.0 Å². The quantitative estimate of drug-likeness (QED) is 0.837.